The first-order chi connectivity index (χ1) is 16.5. The van der Waals surface area contributed by atoms with Crippen molar-refractivity contribution in [2.45, 2.75) is 38.6 Å². The SMILES string of the molecule is O=C1CC[C@@H](N2Cc3c(OCc4cccc(CN5CCOCC5)c4F)cccc3C2=O)C(=O)N1. The van der Waals surface area contributed by atoms with Crippen LogP contribution in [0.5, 0.6) is 5.75 Å². The number of benzene rings is 2. The molecule has 3 amide bonds. The van der Waals surface area contributed by atoms with Crippen LogP contribution >= 0.6 is 0 Å². The summed E-state index contributed by atoms with van der Waals surface area (Å²) in [6.45, 7) is 3.58. The average molecular weight is 467 g/mol. The van der Waals surface area contributed by atoms with E-state index in [0.717, 1.165) is 13.1 Å². The number of hydrogen-bond acceptors (Lipinski definition) is 6. The fraction of sp³-hybridized carbons (Fsp3) is 0.400. The van der Waals surface area contributed by atoms with Crippen molar-refractivity contribution >= 4 is 17.7 Å². The maximum Gasteiger partial charge on any atom is 0.255 e. The highest BCUT2D eigenvalue weighted by molar-refractivity contribution is 6.05. The van der Waals surface area contributed by atoms with Crippen LogP contribution in [0.1, 0.15) is 39.9 Å². The molecule has 2 saturated heterocycles. The van der Waals surface area contributed by atoms with Gasteiger partial charge < -0.3 is 14.4 Å². The van der Waals surface area contributed by atoms with E-state index in [4.69, 9.17) is 9.47 Å². The van der Waals surface area contributed by atoms with Crippen LogP contribution in [0, 0.1) is 5.82 Å². The summed E-state index contributed by atoms with van der Waals surface area (Å²) in [5, 5.41) is 2.30. The van der Waals surface area contributed by atoms with Gasteiger partial charge in [-0.05, 0) is 18.6 Å². The van der Waals surface area contributed by atoms with Crippen molar-refractivity contribution in [2.75, 3.05) is 26.3 Å². The summed E-state index contributed by atoms with van der Waals surface area (Å²) in [7, 11) is 0. The third kappa shape index (κ3) is 4.41. The molecule has 0 spiro atoms. The molecule has 0 radical (unpaired) electrons. The third-order valence-corrected chi connectivity index (χ3v) is 6.58. The van der Waals surface area contributed by atoms with E-state index in [0.29, 0.717) is 54.2 Å². The molecule has 2 fully saturated rings. The van der Waals surface area contributed by atoms with Crippen molar-refractivity contribution in [3.05, 3.63) is 64.5 Å². The predicted octanol–water partition coefficient (Wildman–Crippen LogP) is 2.00. The fourth-order valence-electron chi connectivity index (χ4n) is 4.71. The first-order valence-electron chi connectivity index (χ1n) is 11.5. The van der Waals surface area contributed by atoms with Crippen LogP contribution in [-0.2, 0) is 34.0 Å². The van der Waals surface area contributed by atoms with Crippen molar-refractivity contribution < 1.29 is 28.2 Å². The Kier molecular flexibility index (Phi) is 6.30. The quantitative estimate of drug-likeness (QED) is 0.654. The van der Waals surface area contributed by atoms with Crippen LogP contribution < -0.4 is 10.1 Å². The van der Waals surface area contributed by atoms with Crippen LogP contribution in [0.4, 0.5) is 4.39 Å². The Bertz CT molecular complexity index is 1130. The highest BCUT2D eigenvalue weighted by Gasteiger charge is 2.40. The van der Waals surface area contributed by atoms with Crippen molar-refractivity contribution in [2.24, 2.45) is 0 Å². The summed E-state index contributed by atoms with van der Waals surface area (Å²) in [5.74, 6) is -0.860. The summed E-state index contributed by atoms with van der Waals surface area (Å²) < 4.78 is 26.5. The number of rotatable bonds is 6. The number of halogens is 1. The van der Waals surface area contributed by atoms with Crippen molar-refractivity contribution in [3.8, 4) is 5.75 Å². The van der Waals surface area contributed by atoms with E-state index in [1.165, 1.54) is 4.90 Å². The minimum atomic E-state index is -0.695. The van der Waals surface area contributed by atoms with E-state index < -0.39 is 11.9 Å². The number of nitrogens with zero attached hydrogens (tertiary/aromatic N) is 2. The zero-order chi connectivity index (χ0) is 23.7. The lowest BCUT2D eigenvalue weighted by atomic mass is 10.0. The Balaban J connectivity index is 1.30. The normalized spacial score (nSPS) is 20.9. The van der Waals surface area contributed by atoms with Gasteiger partial charge in [0.2, 0.25) is 11.8 Å². The molecule has 0 aliphatic carbocycles. The lowest BCUT2D eigenvalue weighted by molar-refractivity contribution is -0.136. The molecule has 3 heterocycles. The highest BCUT2D eigenvalue weighted by atomic mass is 19.1. The molecule has 1 atom stereocenters. The molecule has 9 heteroatoms. The first-order valence-corrected chi connectivity index (χ1v) is 11.5. The van der Waals surface area contributed by atoms with Gasteiger partial charge in [0.25, 0.3) is 5.91 Å². The maximum absolute atomic E-state index is 15.2. The van der Waals surface area contributed by atoms with E-state index in [1.807, 2.05) is 6.07 Å². The number of imide groups is 1. The molecule has 8 nitrogen and oxygen atoms in total. The van der Waals surface area contributed by atoms with Crippen LogP contribution in [0.15, 0.2) is 36.4 Å². The molecule has 0 unspecified atom stereocenters. The number of amides is 3. The molecule has 3 aliphatic rings. The van der Waals surface area contributed by atoms with E-state index >= 15 is 4.39 Å². The van der Waals surface area contributed by atoms with Crippen LogP contribution in [0.2, 0.25) is 0 Å². The molecule has 0 bridgehead atoms. The largest absolute Gasteiger partial charge is 0.488 e. The zero-order valence-corrected chi connectivity index (χ0v) is 18.7. The van der Waals surface area contributed by atoms with E-state index in [2.05, 4.69) is 10.2 Å². The molecule has 178 valence electrons. The van der Waals surface area contributed by atoms with Gasteiger partial charge in [0.1, 0.15) is 24.2 Å². The second-order valence-corrected chi connectivity index (χ2v) is 8.75. The molecule has 2 aromatic carbocycles. The smallest absolute Gasteiger partial charge is 0.255 e. The second-order valence-electron chi connectivity index (χ2n) is 8.75. The number of nitrogens with one attached hydrogen (secondary N) is 1. The van der Waals surface area contributed by atoms with E-state index in [9.17, 15) is 14.4 Å². The van der Waals surface area contributed by atoms with Crippen molar-refractivity contribution in [1.82, 2.24) is 15.1 Å². The monoisotopic (exact) mass is 467 g/mol. The van der Waals surface area contributed by atoms with Gasteiger partial charge in [-0.25, -0.2) is 4.39 Å². The summed E-state index contributed by atoms with van der Waals surface area (Å²) in [5.41, 5.74) is 2.18. The zero-order valence-electron chi connectivity index (χ0n) is 18.7. The van der Waals surface area contributed by atoms with E-state index in [-0.39, 0.29) is 37.2 Å². The fourth-order valence-corrected chi connectivity index (χ4v) is 4.71. The second kappa shape index (κ2) is 9.52. The van der Waals surface area contributed by atoms with Gasteiger partial charge >= 0.3 is 0 Å². The number of carbonyl (C=O) groups is 3. The Morgan fingerprint density at radius 2 is 1.82 bits per heavy atom. The summed E-state index contributed by atoms with van der Waals surface area (Å²) in [6.07, 6.45) is 0.488. The number of morpholine rings is 1. The molecule has 0 saturated carbocycles. The van der Waals surface area contributed by atoms with Gasteiger partial charge in [0, 0.05) is 48.3 Å². The summed E-state index contributed by atoms with van der Waals surface area (Å²) >= 11 is 0. The molecule has 0 aromatic heterocycles. The topological polar surface area (TPSA) is 88.2 Å². The molecule has 34 heavy (non-hydrogen) atoms. The molecule has 1 N–H and O–H groups in total. The molecule has 3 aliphatic heterocycles. The number of piperidine rings is 1. The number of hydrogen-bond donors (Lipinski definition) is 1. The van der Waals surface area contributed by atoms with Gasteiger partial charge in [-0.1, -0.05) is 24.3 Å². The summed E-state index contributed by atoms with van der Waals surface area (Å²) in [6, 6.07) is 9.76. The lowest BCUT2D eigenvalue weighted by Crippen LogP contribution is -2.52. The van der Waals surface area contributed by atoms with Crippen LogP contribution in [-0.4, -0.2) is 59.9 Å². The standard InChI is InChI=1S/C25H26FN3O5/c26-23-16(13-28-9-11-33-12-10-28)3-1-4-17(23)15-34-21-6-2-5-18-19(21)14-29(25(18)32)20-7-8-22(30)27-24(20)31/h1-6,20H,7-15H2,(H,27,30,31)/t20-/m1/s1. The predicted molar refractivity (Wildman–Crippen MR) is 119 cm³/mol. The number of fused-ring (bicyclic) bond motifs is 1. The van der Waals surface area contributed by atoms with Gasteiger partial charge in [-0.2, -0.15) is 0 Å². The Morgan fingerprint density at radius 1 is 1.06 bits per heavy atom. The number of carbonyl (C=O) groups excluding carboxylic acids is 3. The number of ether oxygens (including phenoxy) is 2. The minimum Gasteiger partial charge on any atom is -0.488 e. The average Bonchev–Trinajstić information content (AvgIpc) is 3.17. The van der Waals surface area contributed by atoms with Gasteiger partial charge in [-0.15, -0.1) is 0 Å². The third-order valence-electron chi connectivity index (χ3n) is 6.58. The summed E-state index contributed by atoms with van der Waals surface area (Å²) in [4.78, 5) is 40.4. The van der Waals surface area contributed by atoms with Crippen molar-refractivity contribution in [3.63, 3.8) is 0 Å². The van der Waals surface area contributed by atoms with Crippen LogP contribution in [0.3, 0.4) is 0 Å². The van der Waals surface area contributed by atoms with Gasteiger partial charge in [0.15, 0.2) is 0 Å². The Morgan fingerprint density at radius 3 is 2.62 bits per heavy atom. The highest BCUT2D eigenvalue weighted by Crippen LogP contribution is 2.34. The molecule has 5 rings (SSSR count). The van der Waals surface area contributed by atoms with Gasteiger partial charge in [0.05, 0.1) is 19.8 Å². The maximum atomic E-state index is 15.2. The van der Waals surface area contributed by atoms with Crippen LogP contribution in [0.25, 0.3) is 0 Å². The molecular formula is C25H26FN3O5. The van der Waals surface area contributed by atoms with Crippen molar-refractivity contribution in [1.29, 1.82) is 0 Å². The first kappa shape index (κ1) is 22.5. The van der Waals surface area contributed by atoms with Gasteiger partial charge in [-0.3, -0.25) is 24.6 Å². The Hall–Kier alpha value is -3.30. The molecule has 2 aromatic rings. The van der Waals surface area contributed by atoms with E-state index in [1.54, 1.807) is 30.3 Å². The lowest BCUT2D eigenvalue weighted by Gasteiger charge is -2.29. The Labute approximate surface area is 196 Å². The minimum absolute atomic E-state index is 0.0197. The molecular weight excluding hydrogens is 441 g/mol.